The molecule has 0 aromatic heterocycles. The van der Waals surface area contributed by atoms with E-state index in [9.17, 15) is 5.11 Å². The molecule has 4 heteroatoms. The molecule has 0 radical (unpaired) electrons. The largest absolute Gasteiger partial charge is 0.508 e. The smallest absolute Gasteiger partial charge is 0.120 e. The van der Waals surface area contributed by atoms with Crippen molar-refractivity contribution in [3.05, 3.63) is 36.4 Å². The van der Waals surface area contributed by atoms with Crippen LogP contribution in [-0.4, -0.2) is 43.3 Å². The van der Waals surface area contributed by atoms with Crippen LogP contribution in [0.25, 0.3) is 0 Å². The number of ether oxygens (including phenoxy) is 1. The third kappa shape index (κ3) is 3.28. The fraction of sp³-hybridized carbons (Fsp3) is 0.467. The summed E-state index contributed by atoms with van der Waals surface area (Å²) in [7, 11) is 1.64. The van der Waals surface area contributed by atoms with Crippen LogP contribution in [0.4, 0.5) is 0 Å². The first-order chi connectivity index (χ1) is 9.26. The van der Waals surface area contributed by atoms with Crippen molar-refractivity contribution >= 4 is 0 Å². The van der Waals surface area contributed by atoms with Crippen LogP contribution in [0, 0.1) is 0 Å². The van der Waals surface area contributed by atoms with Gasteiger partial charge in [0.1, 0.15) is 11.5 Å². The molecule has 1 aromatic carbocycles. The molecule has 0 amide bonds. The molecule has 2 rings (SSSR count). The predicted molar refractivity (Wildman–Crippen MR) is 76.7 cm³/mol. The number of hydrogen-bond donors (Lipinski definition) is 2. The minimum absolute atomic E-state index is 0.162. The van der Waals surface area contributed by atoms with E-state index in [1.165, 1.54) is 0 Å². The number of methoxy groups -OCH3 is 1. The van der Waals surface area contributed by atoms with Gasteiger partial charge in [-0.25, -0.2) is 0 Å². The Morgan fingerprint density at radius 3 is 2.84 bits per heavy atom. The number of aromatic hydroxyl groups is 1. The van der Waals surface area contributed by atoms with E-state index in [2.05, 4.69) is 16.8 Å². The summed E-state index contributed by atoms with van der Waals surface area (Å²) in [4.78, 5) is 2.38. The van der Waals surface area contributed by atoms with E-state index < -0.39 is 0 Å². The predicted octanol–water partition coefficient (Wildman–Crippen LogP) is 1.92. The highest BCUT2D eigenvalue weighted by atomic mass is 16.5. The number of piperazine rings is 1. The molecule has 1 atom stereocenters. The van der Waals surface area contributed by atoms with E-state index in [-0.39, 0.29) is 6.04 Å². The van der Waals surface area contributed by atoms with Gasteiger partial charge in [0.05, 0.1) is 7.11 Å². The van der Waals surface area contributed by atoms with Crippen molar-refractivity contribution in [2.75, 3.05) is 33.3 Å². The van der Waals surface area contributed by atoms with Gasteiger partial charge in [-0.1, -0.05) is 6.08 Å². The van der Waals surface area contributed by atoms with E-state index in [0.29, 0.717) is 5.75 Å². The summed E-state index contributed by atoms with van der Waals surface area (Å²) in [5, 5.41) is 13.5. The van der Waals surface area contributed by atoms with Crippen LogP contribution < -0.4 is 10.1 Å². The van der Waals surface area contributed by atoms with Crippen molar-refractivity contribution < 1.29 is 9.84 Å². The first kappa shape index (κ1) is 13.9. The van der Waals surface area contributed by atoms with E-state index in [4.69, 9.17) is 4.74 Å². The highest BCUT2D eigenvalue weighted by Gasteiger charge is 2.23. The van der Waals surface area contributed by atoms with Gasteiger partial charge in [-0.3, -0.25) is 4.90 Å². The minimum Gasteiger partial charge on any atom is -0.508 e. The third-order valence-electron chi connectivity index (χ3n) is 3.58. The molecule has 0 bridgehead atoms. The van der Waals surface area contributed by atoms with Crippen LogP contribution >= 0.6 is 0 Å². The number of rotatable bonds is 5. The molecule has 2 N–H and O–H groups in total. The topological polar surface area (TPSA) is 44.7 Å². The lowest BCUT2D eigenvalue weighted by atomic mass is 9.99. The number of hydrogen-bond acceptors (Lipinski definition) is 4. The molecular formula is C15H22N2O2. The molecular weight excluding hydrogens is 240 g/mol. The van der Waals surface area contributed by atoms with Gasteiger partial charge in [-0.2, -0.15) is 0 Å². The highest BCUT2D eigenvalue weighted by Crippen LogP contribution is 2.34. The molecule has 0 spiro atoms. The van der Waals surface area contributed by atoms with Crippen LogP contribution in [0.5, 0.6) is 11.5 Å². The Morgan fingerprint density at radius 2 is 2.21 bits per heavy atom. The van der Waals surface area contributed by atoms with Crippen LogP contribution in [0.1, 0.15) is 18.0 Å². The first-order valence-electron chi connectivity index (χ1n) is 6.69. The van der Waals surface area contributed by atoms with Gasteiger partial charge in [-0.15, -0.1) is 6.58 Å². The molecule has 1 heterocycles. The minimum atomic E-state index is 0.162. The Morgan fingerprint density at radius 1 is 1.47 bits per heavy atom. The van der Waals surface area contributed by atoms with E-state index in [0.717, 1.165) is 43.9 Å². The molecule has 104 valence electrons. The fourth-order valence-corrected chi connectivity index (χ4v) is 2.55. The monoisotopic (exact) mass is 262 g/mol. The molecule has 0 aliphatic carbocycles. The van der Waals surface area contributed by atoms with Gasteiger partial charge in [0.15, 0.2) is 0 Å². The maximum atomic E-state index is 10.1. The zero-order valence-corrected chi connectivity index (χ0v) is 11.4. The Balaban J connectivity index is 2.28. The van der Waals surface area contributed by atoms with Crippen molar-refractivity contribution in [3.8, 4) is 11.5 Å². The molecule has 19 heavy (non-hydrogen) atoms. The number of benzene rings is 1. The molecule has 1 fully saturated rings. The molecule has 1 aliphatic rings. The number of nitrogens with one attached hydrogen (secondary N) is 1. The lowest BCUT2D eigenvalue weighted by Crippen LogP contribution is -2.45. The van der Waals surface area contributed by atoms with Crippen LogP contribution in [0.15, 0.2) is 30.9 Å². The van der Waals surface area contributed by atoms with Crippen molar-refractivity contribution in [2.45, 2.75) is 12.5 Å². The van der Waals surface area contributed by atoms with Crippen LogP contribution in [0.3, 0.4) is 0 Å². The summed E-state index contributed by atoms with van der Waals surface area (Å²) < 4.78 is 5.26. The third-order valence-corrected chi connectivity index (χ3v) is 3.58. The SMILES string of the molecule is C=CC[C@@H](c1cc(OC)ccc1O)N1CCNCC1. The molecule has 1 saturated heterocycles. The molecule has 4 nitrogen and oxygen atoms in total. The second-order valence-electron chi connectivity index (χ2n) is 4.75. The second-order valence-corrected chi connectivity index (χ2v) is 4.75. The summed E-state index contributed by atoms with van der Waals surface area (Å²) in [6.07, 6.45) is 2.73. The van der Waals surface area contributed by atoms with Gasteiger partial charge in [-0.05, 0) is 24.6 Å². The van der Waals surface area contributed by atoms with Crippen LogP contribution in [-0.2, 0) is 0 Å². The second kappa shape index (κ2) is 6.59. The maximum absolute atomic E-state index is 10.1. The normalized spacial score (nSPS) is 17.9. The summed E-state index contributed by atoms with van der Waals surface area (Å²) in [6.45, 7) is 7.77. The molecule has 1 aliphatic heterocycles. The van der Waals surface area contributed by atoms with Gasteiger partial charge < -0.3 is 15.2 Å². The van der Waals surface area contributed by atoms with E-state index in [1.54, 1.807) is 19.2 Å². The number of phenols is 1. The Hall–Kier alpha value is -1.52. The maximum Gasteiger partial charge on any atom is 0.120 e. The first-order valence-corrected chi connectivity index (χ1v) is 6.69. The van der Waals surface area contributed by atoms with Gasteiger partial charge >= 0.3 is 0 Å². The molecule has 1 aromatic rings. The summed E-state index contributed by atoms with van der Waals surface area (Å²) in [6, 6.07) is 5.56. The Kier molecular flexibility index (Phi) is 4.82. The quantitative estimate of drug-likeness (QED) is 0.796. The number of nitrogens with zero attached hydrogens (tertiary/aromatic N) is 1. The number of phenolic OH excluding ortho intramolecular Hbond substituents is 1. The van der Waals surface area contributed by atoms with Gasteiger partial charge in [0.25, 0.3) is 0 Å². The zero-order valence-electron chi connectivity index (χ0n) is 11.4. The molecule has 0 unspecified atom stereocenters. The van der Waals surface area contributed by atoms with Crippen molar-refractivity contribution in [1.29, 1.82) is 0 Å². The van der Waals surface area contributed by atoms with Crippen molar-refractivity contribution in [1.82, 2.24) is 10.2 Å². The van der Waals surface area contributed by atoms with E-state index in [1.807, 2.05) is 12.1 Å². The summed E-state index contributed by atoms with van der Waals surface area (Å²) in [5.41, 5.74) is 0.918. The molecule has 0 saturated carbocycles. The summed E-state index contributed by atoms with van der Waals surface area (Å²) >= 11 is 0. The Labute approximate surface area is 114 Å². The fourth-order valence-electron chi connectivity index (χ4n) is 2.55. The zero-order chi connectivity index (χ0) is 13.7. The van der Waals surface area contributed by atoms with Crippen molar-refractivity contribution in [2.24, 2.45) is 0 Å². The van der Waals surface area contributed by atoms with Gasteiger partial charge in [0, 0.05) is 37.8 Å². The average molecular weight is 262 g/mol. The lowest BCUT2D eigenvalue weighted by Gasteiger charge is -2.35. The average Bonchev–Trinajstić information content (AvgIpc) is 2.47. The highest BCUT2D eigenvalue weighted by molar-refractivity contribution is 5.41. The standard InChI is InChI=1S/C15H22N2O2/c1-3-4-14(17-9-7-16-8-10-17)13-11-12(19-2)5-6-15(13)18/h3,5-6,11,14,16,18H,1,4,7-10H2,2H3/t14-/m0/s1. The van der Waals surface area contributed by atoms with Crippen LogP contribution in [0.2, 0.25) is 0 Å². The van der Waals surface area contributed by atoms with Crippen molar-refractivity contribution in [3.63, 3.8) is 0 Å². The van der Waals surface area contributed by atoms with Gasteiger partial charge in [0.2, 0.25) is 0 Å². The lowest BCUT2D eigenvalue weighted by molar-refractivity contribution is 0.171. The Bertz CT molecular complexity index is 428. The summed E-state index contributed by atoms with van der Waals surface area (Å²) in [5.74, 6) is 1.10. The van der Waals surface area contributed by atoms with E-state index >= 15 is 0 Å².